The van der Waals surface area contributed by atoms with E-state index in [1.807, 2.05) is 0 Å². The summed E-state index contributed by atoms with van der Waals surface area (Å²) in [5, 5.41) is 14.9. The molecule has 0 bridgehead atoms. The van der Waals surface area contributed by atoms with Crippen LogP contribution < -0.4 is 0 Å². The average Bonchev–Trinajstić information content (AvgIpc) is 3.84. The SMILES string of the molecule is CC1(C)c2ccc(-c3ccc4oc5ccc(-c6c7ccccc7c(-c7ccc(-c8cc9ccccc9c9ccccc89)cc7)c7ccccc67)cc5c4c3)cc2-c2cc3ccccc3cc21. The fourth-order valence-electron chi connectivity index (χ4n) is 11.6. The van der Waals surface area contributed by atoms with Gasteiger partial charge in [0.05, 0.1) is 0 Å². The standard InChI is InChI=1S/C65H42O/c1-65(2)59-30-27-43(34-55(59)56-33-41-13-3-4-14-42(41)38-60(56)65)44-28-31-61-57(35-44)58-37-46(29-32-62(58)66-61)64-52-21-11-9-19-50(52)63(51-20-10-12-22-53(51)64)40-25-23-39(24-26-40)54-36-45-15-5-6-16-47(45)48-17-7-8-18-49(48)54/h3-38H,1-2H3. The summed E-state index contributed by atoms with van der Waals surface area (Å²) in [6.45, 7) is 4.72. The summed E-state index contributed by atoms with van der Waals surface area (Å²) >= 11 is 0. The van der Waals surface area contributed by atoms with Gasteiger partial charge in [0.1, 0.15) is 11.2 Å². The van der Waals surface area contributed by atoms with Crippen LogP contribution in [0.15, 0.2) is 223 Å². The summed E-state index contributed by atoms with van der Waals surface area (Å²) in [6, 6.07) is 81.0. The Kier molecular flexibility index (Phi) is 7.81. The molecule has 0 unspecified atom stereocenters. The minimum Gasteiger partial charge on any atom is -0.456 e. The smallest absolute Gasteiger partial charge is 0.135 e. The van der Waals surface area contributed by atoms with Crippen molar-refractivity contribution in [3.63, 3.8) is 0 Å². The van der Waals surface area contributed by atoms with Crippen molar-refractivity contribution in [1.29, 1.82) is 0 Å². The first-order valence-electron chi connectivity index (χ1n) is 23.1. The molecular weight excluding hydrogens is 797 g/mol. The lowest BCUT2D eigenvalue weighted by atomic mass is 9.81. The molecule has 0 aliphatic heterocycles. The topological polar surface area (TPSA) is 13.1 Å². The Bertz CT molecular complexity index is 4120. The number of hydrogen-bond donors (Lipinski definition) is 0. The Morgan fingerprint density at radius 2 is 0.712 bits per heavy atom. The van der Waals surface area contributed by atoms with Gasteiger partial charge in [0.15, 0.2) is 0 Å². The first-order valence-corrected chi connectivity index (χ1v) is 23.1. The van der Waals surface area contributed by atoms with Gasteiger partial charge in [-0.25, -0.2) is 0 Å². The zero-order chi connectivity index (χ0) is 43.7. The molecule has 1 aromatic heterocycles. The number of hydrogen-bond acceptors (Lipinski definition) is 1. The third-order valence-corrected chi connectivity index (χ3v) is 14.8. The lowest BCUT2D eigenvalue weighted by Gasteiger charge is -2.22. The van der Waals surface area contributed by atoms with Gasteiger partial charge in [-0.2, -0.15) is 0 Å². The van der Waals surface area contributed by atoms with E-state index in [1.54, 1.807) is 0 Å². The Hall–Kier alpha value is -8.26. The van der Waals surface area contributed by atoms with Gasteiger partial charge in [0.25, 0.3) is 0 Å². The molecule has 0 saturated heterocycles. The van der Waals surface area contributed by atoms with Gasteiger partial charge in [-0.05, 0) is 169 Å². The van der Waals surface area contributed by atoms with Crippen LogP contribution in [0, 0.1) is 0 Å². The lowest BCUT2D eigenvalue weighted by molar-refractivity contribution is 0.661. The van der Waals surface area contributed by atoms with Crippen LogP contribution in [0.1, 0.15) is 25.0 Å². The van der Waals surface area contributed by atoms with Crippen molar-refractivity contribution in [2.45, 2.75) is 19.3 Å². The van der Waals surface area contributed by atoms with Crippen molar-refractivity contribution in [1.82, 2.24) is 0 Å². The molecule has 13 aromatic rings. The van der Waals surface area contributed by atoms with Gasteiger partial charge in [-0.1, -0.05) is 184 Å². The van der Waals surface area contributed by atoms with E-state index in [4.69, 9.17) is 4.42 Å². The third kappa shape index (κ3) is 5.41. The minimum atomic E-state index is -0.0698. The zero-order valence-electron chi connectivity index (χ0n) is 36.7. The van der Waals surface area contributed by atoms with E-state index in [2.05, 4.69) is 232 Å². The maximum atomic E-state index is 6.56. The van der Waals surface area contributed by atoms with Gasteiger partial charge in [-0.3, -0.25) is 0 Å². The largest absolute Gasteiger partial charge is 0.456 e. The van der Waals surface area contributed by atoms with Crippen LogP contribution in [-0.4, -0.2) is 0 Å². The van der Waals surface area contributed by atoms with Gasteiger partial charge >= 0.3 is 0 Å². The minimum absolute atomic E-state index is 0.0698. The number of fused-ring (bicyclic) bond motifs is 12. The molecule has 1 heteroatoms. The molecule has 0 spiro atoms. The van der Waals surface area contributed by atoms with E-state index >= 15 is 0 Å². The number of rotatable bonds is 4. The highest BCUT2D eigenvalue weighted by Gasteiger charge is 2.36. The molecule has 0 N–H and O–H groups in total. The Morgan fingerprint density at radius 1 is 0.273 bits per heavy atom. The van der Waals surface area contributed by atoms with Crippen LogP contribution in [0.4, 0.5) is 0 Å². The molecule has 0 atom stereocenters. The molecule has 0 fully saturated rings. The van der Waals surface area contributed by atoms with E-state index < -0.39 is 0 Å². The summed E-state index contributed by atoms with van der Waals surface area (Å²) in [7, 11) is 0. The van der Waals surface area contributed by atoms with E-state index in [0.29, 0.717) is 0 Å². The fourth-order valence-corrected chi connectivity index (χ4v) is 11.6. The van der Waals surface area contributed by atoms with E-state index in [0.717, 1.165) is 21.9 Å². The van der Waals surface area contributed by atoms with E-state index in [-0.39, 0.29) is 5.41 Å². The maximum Gasteiger partial charge on any atom is 0.135 e. The molecule has 308 valence electrons. The van der Waals surface area contributed by atoms with Crippen molar-refractivity contribution in [3.05, 3.63) is 230 Å². The van der Waals surface area contributed by atoms with Crippen LogP contribution in [-0.2, 0) is 5.41 Å². The number of furan rings is 1. The van der Waals surface area contributed by atoms with Crippen molar-refractivity contribution < 1.29 is 4.42 Å². The molecule has 1 aliphatic carbocycles. The molecule has 0 saturated carbocycles. The summed E-state index contributed by atoms with van der Waals surface area (Å²) in [4.78, 5) is 0. The second kappa shape index (κ2) is 13.9. The Morgan fingerprint density at radius 3 is 1.38 bits per heavy atom. The highest BCUT2D eigenvalue weighted by molar-refractivity contribution is 6.22. The molecule has 14 rings (SSSR count). The first-order chi connectivity index (χ1) is 32.5. The molecule has 66 heavy (non-hydrogen) atoms. The fraction of sp³-hybridized carbons (Fsp3) is 0.0462. The molecule has 0 amide bonds. The van der Waals surface area contributed by atoms with Gasteiger partial charge in [0.2, 0.25) is 0 Å². The summed E-state index contributed by atoms with van der Waals surface area (Å²) in [6.07, 6.45) is 0. The van der Waals surface area contributed by atoms with Gasteiger partial charge in [-0.15, -0.1) is 0 Å². The zero-order valence-corrected chi connectivity index (χ0v) is 36.7. The van der Waals surface area contributed by atoms with Crippen LogP contribution in [0.5, 0.6) is 0 Å². The summed E-state index contributed by atoms with van der Waals surface area (Å²) in [5.41, 5.74) is 16.9. The molecular formula is C65H42O. The summed E-state index contributed by atoms with van der Waals surface area (Å²) < 4.78 is 6.56. The van der Waals surface area contributed by atoms with Crippen molar-refractivity contribution in [2.24, 2.45) is 0 Å². The maximum absolute atomic E-state index is 6.56. The molecule has 1 aliphatic rings. The van der Waals surface area contributed by atoms with Crippen LogP contribution in [0.25, 0.3) is 131 Å². The lowest BCUT2D eigenvalue weighted by Crippen LogP contribution is -2.14. The van der Waals surface area contributed by atoms with Crippen LogP contribution in [0.2, 0.25) is 0 Å². The highest BCUT2D eigenvalue weighted by atomic mass is 16.3. The van der Waals surface area contributed by atoms with Gasteiger partial charge < -0.3 is 4.42 Å². The van der Waals surface area contributed by atoms with Gasteiger partial charge in [0, 0.05) is 16.2 Å². The summed E-state index contributed by atoms with van der Waals surface area (Å²) in [5.74, 6) is 0. The average molecular weight is 839 g/mol. The predicted octanol–water partition coefficient (Wildman–Crippen LogP) is 18.3. The quantitative estimate of drug-likeness (QED) is 0.127. The normalized spacial score (nSPS) is 13.1. The monoisotopic (exact) mass is 838 g/mol. The van der Waals surface area contributed by atoms with E-state index in [1.165, 1.54) is 121 Å². The molecule has 1 heterocycles. The van der Waals surface area contributed by atoms with Crippen molar-refractivity contribution >= 4 is 75.8 Å². The second-order valence-corrected chi connectivity index (χ2v) is 18.8. The van der Waals surface area contributed by atoms with Crippen molar-refractivity contribution in [2.75, 3.05) is 0 Å². The molecule has 12 aromatic carbocycles. The Labute approximate surface area is 382 Å². The van der Waals surface area contributed by atoms with Crippen LogP contribution >= 0.6 is 0 Å². The third-order valence-electron chi connectivity index (χ3n) is 14.8. The highest BCUT2D eigenvalue weighted by Crippen LogP contribution is 2.51. The van der Waals surface area contributed by atoms with E-state index in [9.17, 15) is 0 Å². The molecule has 0 radical (unpaired) electrons. The van der Waals surface area contributed by atoms with Crippen LogP contribution in [0.3, 0.4) is 0 Å². The predicted molar refractivity (Wildman–Crippen MR) is 281 cm³/mol. The second-order valence-electron chi connectivity index (χ2n) is 18.8. The number of benzene rings is 12. The first kappa shape index (κ1) is 37.1. The molecule has 1 nitrogen and oxygen atoms in total. The Balaban J connectivity index is 0.894. The van der Waals surface area contributed by atoms with Crippen molar-refractivity contribution in [3.8, 4) is 55.6 Å².